The molecule has 4 nitrogen and oxygen atoms in total. The minimum atomic E-state index is 0.571. The molecule has 0 radical (unpaired) electrons. The number of hydrogen-bond donors (Lipinski definition) is 1. The van der Waals surface area contributed by atoms with Crippen LogP contribution in [-0.2, 0) is 6.42 Å². The highest BCUT2D eigenvalue weighted by Crippen LogP contribution is 2.16. The monoisotopic (exact) mass is 280 g/mol. The van der Waals surface area contributed by atoms with E-state index in [0.717, 1.165) is 21.8 Å². The van der Waals surface area contributed by atoms with E-state index in [-0.39, 0.29) is 0 Å². The van der Waals surface area contributed by atoms with Crippen LogP contribution in [0.5, 0.6) is 0 Å². The summed E-state index contributed by atoms with van der Waals surface area (Å²) < 4.78 is 2.86. The molecule has 84 valence electrons. The Balaban J connectivity index is 2.40. The lowest BCUT2D eigenvalue weighted by molar-refractivity contribution is 0.803. The number of hydrogen-bond acceptors (Lipinski definition) is 3. The normalized spacial score (nSPS) is 10.7. The molecule has 0 bridgehead atoms. The molecule has 0 aliphatic carbocycles. The first-order valence-corrected chi connectivity index (χ1v) is 5.88. The molecule has 1 aromatic heterocycles. The van der Waals surface area contributed by atoms with Gasteiger partial charge in [-0.15, -0.1) is 0 Å². The predicted molar refractivity (Wildman–Crippen MR) is 66.6 cm³/mol. The second-order valence-corrected chi connectivity index (χ2v) is 4.42. The molecular formula is C11H13BrN4. The molecule has 1 aromatic carbocycles. The van der Waals surface area contributed by atoms with Gasteiger partial charge in [0.2, 0.25) is 0 Å². The van der Waals surface area contributed by atoms with Crippen molar-refractivity contribution in [1.82, 2.24) is 14.8 Å². The lowest BCUT2D eigenvalue weighted by atomic mass is 10.3. The quantitative estimate of drug-likeness (QED) is 0.934. The van der Waals surface area contributed by atoms with Gasteiger partial charge >= 0.3 is 0 Å². The molecule has 0 atom stereocenters. The van der Waals surface area contributed by atoms with Crippen molar-refractivity contribution in [3.63, 3.8) is 0 Å². The summed E-state index contributed by atoms with van der Waals surface area (Å²) in [4.78, 5) is 4.36. The Morgan fingerprint density at radius 2 is 2.25 bits per heavy atom. The molecule has 2 N–H and O–H groups in total. The van der Waals surface area contributed by atoms with Crippen molar-refractivity contribution in [3.8, 4) is 5.69 Å². The molecule has 0 aliphatic rings. The fourth-order valence-corrected chi connectivity index (χ4v) is 1.92. The van der Waals surface area contributed by atoms with Gasteiger partial charge in [0.05, 0.1) is 5.69 Å². The molecule has 0 amide bonds. The highest BCUT2D eigenvalue weighted by Gasteiger charge is 2.07. The van der Waals surface area contributed by atoms with Crippen LogP contribution < -0.4 is 5.73 Å². The van der Waals surface area contributed by atoms with Crippen LogP contribution in [0.1, 0.15) is 11.6 Å². The van der Waals surface area contributed by atoms with Crippen molar-refractivity contribution in [2.75, 3.05) is 6.54 Å². The Bertz CT molecular complexity index is 492. The van der Waals surface area contributed by atoms with E-state index in [0.29, 0.717) is 13.0 Å². The van der Waals surface area contributed by atoms with E-state index in [1.165, 1.54) is 0 Å². The van der Waals surface area contributed by atoms with Crippen LogP contribution in [0.25, 0.3) is 5.69 Å². The van der Waals surface area contributed by atoms with Crippen molar-refractivity contribution < 1.29 is 0 Å². The summed E-state index contributed by atoms with van der Waals surface area (Å²) in [6.07, 6.45) is 0.710. The van der Waals surface area contributed by atoms with Crippen LogP contribution in [0.3, 0.4) is 0 Å². The van der Waals surface area contributed by atoms with Crippen LogP contribution >= 0.6 is 15.9 Å². The summed E-state index contributed by atoms with van der Waals surface area (Å²) in [6.45, 7) is 2.51. The van der Waals surface area contributed by atoms with Gasteiger partial charge in [0.15, 0.2) is 5.82 Å². The standard InChI is InChI=1S/C11H13BrN4/c1-8-14-11(5-6-13)15-16(8)10-4-2-3-9(12)7-10/h2-4,7H,5-6,13H2,1H3. The zero-order valence-electron chi connectivity index (χ0n) is 9.02. The second kappa shape index (κ2) is 4.76. The Hall–Kier alpha value is -1.20. The first kappa shape index (κ1) is 11.3. The average molecular weight is 281 g/mol. The van der Waals surface area contributed by atoms with E-state index in [2.05, 4.69) is 26.0 Å². The third kappa shape index (κ3) is 2.31. The van der Waals surface area contributed by atoms with Crippen LogP contribution in [0.2, 0.25) is 0 Å². The van der Waals surface area contributed by atoms with Gasteiger partial charge in [-0.25, -0.2) is 9.67 Å². The lowest BCUT2D eigenvalue weighted by Gasteiger charge is -2.02. The van der Waals surface area contributed by atoms with Crippen molar-refractivity contribution in [3.05, 3.63) is 40.4 Å². The van der Waals surface area contributed by atoms with Crippen LogP contribution in [-0.4, -0.2) is 21.3 Å². The lowest BCUT2D eigenvalue weighted by Crippen LogP contribution is -2.05. The van der Waals surface area contributed by atoms with Gasteiger partial charge in [-0.05, 0) is 31.7 Å². The molecule has 0 spiro atoms. The van der Waals surface area contributed by atoms with E-state index in [4.69, 9.17) is 5.73 Å². The molecule has 1 heterocycles. The van der Waals surface area contributed by atoms with E-state index < -0.39 is 0 Å². The number of nitrogens with two attached hydrogens (primary N) is 1. The zero-order chi connectivity index (χ0) is 11.5. The summed E-state index contributed by atoms with van der Waals surface area (Å²) in [5.41, 5.74) is 6.49. The molecular weight excluding hydrogens is 268 g/mol. The van der Waals surface area contributed by atoms with Gasteiger partial charge < -0.3 is 5.73 Å². The Morgan fingerprint density at radius 3 is 2.94 bits per heavy atom. The highest BCUT2D eigenvalue weighted by atomic mass is 79.9. The molecule has 2 aromatic rings. The molecule has 2 rings (SSSR count). The Kier molecular flexibility index (Phi) is 3.36. The predicted octanol–water partition coefficient (Wildman–Crippen LogP) is 1.84. The average Bonchev–Trinajstić information content (AvgIpc) is 2.60. The van der Waals surface area contributed by atoms with Crippen LogP contribution in [0, 0.1) is 6.92 Å². The summed E-state index contributed by atoms with van der Waals surface area (Å²) in [6, 6.07) is 7.96. The van der Waals surface area contributed by atoms with Gasteiger partial charge in [0.25, 0.3) is 0 Å². The topological polar surface area (TPSA) is 56.7 Å². The molecule has 0 aliphatic heterocycles. The van der Waals surface area contributed by atoms with Gasteiger partial charge in [-0.2, -0.15) is 5.10 Å². The number of halogens is 1. The van der Waals surface area contributed by atoms with Crippen LogP contribution in [0.4, 0.5) is 0 Å². The number of aromatic nitrogens is 3. The van der Waals surface area contributed by atoms with Gasteiger partial charge in [0.1, 0.15) is 5.82 Å². The highest BCUT2D eigenvalue weighted by molar-refractivity contribution is 9.10. The molecule has 0 saturated heterocycles. The SMILES string of the molecule is Cc1nc(CCN)nn1-c1cccc(Br)c1. The van der Waals surface area contributed by atoms with Crippen molar-refractivity contribution in [2.24, 2.45) is 5.73 Å². The van der Waals surface area contributed by atoms with Gasteiger partial charge in [-0.1, -0.05) is 22.0 Å². The number of aryl methyl sites for hydroxylation is 1. The number of rotatable bonds is 3. The fourth-order valence-electron chi connectivity index (χ4n) is 1.53. The first-order valence-electron chi connectivity index (χ1n) is 5.09. The summed E-state index contributed by atoms with van der Waals surface area (Å²) in [7, 11) is 0. The molecule has 16 heavy (non-hydrogen) atoms. The third-order valence-corrected chi connectivity index (χ3v) is 2.73. The first-order chi connectivity index (χ1) is 7.70. The zero-order valence-corrected chi connectivity index (χ0v) is 10.6. The molecule has 0 fully saturated rings. The van der Waals surface area contributed by atoms with Gasteiger partial charge in [-0.3, -0.25) is 0 Å². The van der Waals surface area contributed by atoms with E-state index in [9.17, 15) is 0 Å². The van der Waals surface area contributed by atoms with Crippen molar-refractivity contribution in [2.45, 2.75) is 13.3 Å². The maximum Gasteiger partial charge on any atom is 0.152 e. The van der Waals surface area contributed by atoms with Crippen molar-refractivity contribution in [1.29, 1.82) is 0 Å². The maximum atomic E-state index is 5.49. The maximum absolute atomic E-state index is 5.49. The summed E-state index contributed by atoms with van der Waals surface area (Å²) in [5.74, 6) is 1.67. The minimum Gasteiger partial charge on any atom is -0.330 e. The number of benzene rings is 1. The van der Waals surface area contributed by atoms with Crippen LogP contribution in [0.15, 0.2) is 28.7 Å². The Morgan fingerprint density at radius 1 is 1.44 bits per heavy atom. The van der Waals surface area contributed by atoms with Crippen molar-refractivity contribution >= 4 is 15.9 Å². The second-order valence-electron chi connectivity index (χ2n) is 3.51. The van der Waals surface area contributed by atoms with E-state index in [1.54, 1.807) is 0 Å². The summed E-state index contributed by atoms with van der Waals surface area (Å²) >= 11 is 3.44. The molecule has 0 saturated carbocycles. The minimum absolute atomic E-state index is 0.571. The summed E-state index contributed by atoms with van der Waals surface area (Å²) in [5, 5.41) is 4.42. The van der Waals surface area contributed by atoms with E-state index in [1.807, 2.05) is 35.9 Å². The Labute approximate surface area is 103 Å². The smallest absolute Gasteiger partial charge is 0.152 e. The molecule has 5 heteroatoms. The van der Waals surface area contributed by atoms with Gasteiger partial charge in [0, 0.05) is 10.9 Å². The third-order valence-electron chi connectivity index (χ3n) is 2.23. The fraction of sp³-hybridized carbons (Fsp3) is 0.273. The van der Waals surface area contributed by atoms with E-state index >= 15 is 0 Å². The largest absolute Gasteiger partial charge is 0.330 e. The number of nitrogens with zero attached hydrogens (tertiary/aromatic N) is 3. The molecule has 0 unspecified atom stereocenters.